The van der Waals surface area contributed by atoms with Gasteiger partial charge < -0.3 is 14.5 Å². The number of carbonyl (C=O) groups is 2. The van der Waals surface area contributed by atoms with Crippen LogP contribution in [0.5, 0.6) is 0 Å². The molecule has 1 aliphatic rings. The van der Waals surface area contributed by atoms with Crippen LogP contribution in [0.4, 0.5) is 8.68 Å². The van der Waals surface area contributed by atoms with Crippen molar-refractivity contribution in [3.63, 3.8) is 0 Å². The molecule has 1 aliphatic heterocycles. The van der Waals surface area contributed by atoms with Crippen molar-refractivity contribution in [1.82, 2.24) is 9.80 Å². The summed E-state index contributed by atoms with van der Waals surface area (Å²) in [5, 5.41) is -1.27. The Morgan fingerprint density at radius 2 is 2.05 bits per heavy atom. The minimum atomic E-state index is -4.69. The monoisotopic (exact) mass is 338 g/mol. The lowest BCUT2D eigenvalue weighted by atomic mass is 10.2. The van der Waals surface area contributed by atoms with Crippen LogP contribution in [0.3, 0.4) is 0 Å². The number of carbonyl (C=O) groups excluding carboxylic acids is 2. The zero-order valence-electron chi connectivity index (χ0n) is 13.3. The van der Waals surface area contributed by atoms with Crippen molar-refractivity contribution in [1.29, 1.82) is 0 Å². The molecule has 7 nitrogen and oxygen atoms in total. The minimum Gasteiger partial charge on any atom is -0.444 e. The van der Waals surface area contributed by atoms with Crippen LogP contribution < -0.4 is 0 Å². The first-order valence-corrected chi connectivity index (χ1v) is 8.50. The second-order valence-corrected chi connectivity index (χ2v) is 8.01. The molecule has 0 aromatic heterocycles. The van der Waals surface area contributed by atoms with Crippen molar-refractivity contribution in [2.24, 2.45) is 0 Å². The maximum absolute atomic E-state index is 12.9. The van der Waals surface area contributed by atoms with Crippen LogP contribution in [-0.4, -0.2) is 67.8 Å². The Morgan fingerprint density at radius 1 is 1.45 bits per heavy atom. The number of hydrogen-bond acceptors (Lipinski definition) is 5. The molecule has 0 spiro atoms. The molecule has 9 heteroatoms. The Morgan fingerprint density at radius 3 is 2.50 bits per heavy atom. The first-order valence-electron chi connectivity index (χ1n) is 7.05. The van der Waals surface area contributed by atoms with Gasteiger partial charge in [-0.15, -0.1) is 3.89 Å². The highest BCUT2D eigenvalue weighted by Gasteiger charge is 2.38. The Kier molecular flexibility index (Phi) is 5.77. The number of likely N-dealkylation sites (tertiary alicyclic amines) is 1. The van der Waals surface area contributed by atoms with Crippen LogP contribution >= 0.6 is 0 Å². The molecule has 0 saturated carbocycles. The van der Waals surface area contributed by atoms with Crippen molar-refractivity contribution >= 4 is 22.2 Å². The second kappa shape index (κ2) is 6.80. The fraction of sp³-hybridized carbons (Fsp3) is 0.846. The molecule has 0 aromatic rings. The van der Waals surface area contributed by atoms with Crippen LogP contribution in [0.1, 0.15) is 33.6 Å². The Balaban J connectivity index is 2.39. The molecule has 1 saturated heterocycles. The quantitative estimate of drug-likeness (QED) is 0.702. The predicted octanol–water partition coefficient (Wildman–Crippen LogP) is 1.14. The molecular formula is C13H23FN2O5S. The van der Waals surface area contributed by atoms with Crippen LogP contribution in [0.2, 0.25) is 0 Å². The third-order valence-electron chi connectivity index (χ3n) is 3.20. The van der Waals surface area contributed by atoms with Gasteiger partial charge in [0.1, 0.15) is 10.9 Å². The molecule has 1 unspecified atom stereocenters. The number of rotatable bonds is 5. The average Bonchev–Trinajstić information content (AvgIpc) is 2.68. The summed E-state index contributed by atoms with van der Waals surface area (Å²) >= 11 is 0. The summed E-state index contributed by atoms with van der Waals surface area (Å²) in [5.74, 6) is -0.383. The topological polar surface area (TPSA) is 84.0 Å². The maximum atomic E-state index is 12.9. The number of hydrogen-bond donors (Lipinski definition) is 0. The van der Waals surface area contributed by atoms with Crippen molar-refractivity contribution in [2.45, 2.75) is 44.5 Å². The SMILES string of the molecule is CN(CCCN1CC(S(=O)(=O)F)CC1=O)C(=O)OC(C)(C)C. The van der Waals surface area contributed by atoms with E-state index in [0.29, 0.717) is 13.0 Å². The number of nitrogens with zero attached hydrogens (tertiary/aromatic N) is 2. The summed E-state index contributed by atoms with van der Waals surface area (Å²) in [7, 11) is -3.11. The fourth-order valence-electron chi connectivity index (χ4n) is 2.07. The first-order chi connectivity index (χ1) is 9.90. The summed E-state index contributed by atoms with van der Waals surface area (Å²) in [5.41, 5.74) is -0.584. The van der Waals surface area contributed by atoms with Gasteiger partial charge in [0.05, 0.1) is 0 Å². The van der Waals surface area contributed by atoms with E-state index in [-0.39, 0.29) is 25.4 Å². The largest absolute Gasteiger partial charge is 0.444 e. The molecule has 2 amide bonds. The molecule has 1 fully saturated rings. The molecule has 0 radical (unpaired) electrons. The lowest BCUT2D eigenvalue weighted by Crippen LogP contribution is -2.36. The van der Waals surface area contributed by atoms with E-state index in [9.17, 15) is 21.9 Å². The molecule has 1 rings (SSSR count). The van der Waals surface area contributed by atoms with E-state index in [2.05, 4.69) is 0 Å². The standard InChI is InChI=1S/C13H23FN2O5S/c1-13(2,3)21-12(18)15(4)6-5-7-16-9-10(8-11(16)17)22(14,19)20/h10H,5-9H2,1-4H3. The van der Waals surface area contributed by atoms with Gasteiger partial charge >= 0.3 is 16.3 Å². The first kappa shape index (κ1) is 18.7. The summed E-state index contributed by atoms with van der Waals surface area (Å²) in [4.78, 5) is 26.0. The fourth-order valence-corrected chi connectivity index (χ4v) is 2.77. The van der Waals surface area contributed by atoms with Crippen LogP contribution in [0.15, 0.2) is 0 Å². The van der Waals surface area contributed by atoms with E-state index in [4.69, 9.17) is 4.74 Å². The van der Waals surface area contributed by atoms with Gasteiger partial charge in [0.25, 0.3) is 0 Å². The Labute approximate surface area is 130 Å². The summed E-state index contributed by atoms with van der Waals surface area (Å²) < 4.78 is 39.7. The van der Waals surface area contributed by atoms with Gasteiger partial charge in [-0.1, -0.05) is 0 Å². The molecule has 22 heavy (non-hydrogen) atoms. The molecule has 128 valence electrons. The lowest BCUT2D eigenvalue weighted by molar-refractivity contribution is -0.127. The molecule has 0 N–H and O–H groups in total. The lowest BCUT2D eigenvalue weighted by Gasteiger charge is -2.25. The highest BCUT2D eigenvalue weighted by Crippen LogP contribution is 2.19. The second-order valence-electron chi connectivity index (χ2n) is 6.40. The predicted molar refractivity (Wildman–Crippen MR) is 78.5 cm³/mol. The molecule has 0 bridgehead atoms. The van der Waals surface area contributed by atoms with Crippen molar-refractivity contribution in [3.8, 4) is 0 Å². The highest BCUT2D eigenvalue weighted by atomic mass is 32.3. The minimum absolute atomic E-state index is 0.131. The normalized spacial score (nSPS) is 19.4. The highest BCUT2D eigenvalue weighted by molar-refractivity contribution is 7.87. The number of amides is 2. The van der Waals surface area contributed by atoms with E-state index >= 15 is 0 Å². The van der Waals surface area contributed by atoms with Gasteiger partial charge in [0, 0.05) is 33.1 Å². The number of ether oxygens (including phenoxy) is 1. The third kappa shape index (κ3) is 5.78. The van der Waals surface area contributed by atoms with E-state index in [0.717, 1.165) is 0 Å². The van der Waals surface area contributed by atoms with Crippen molar-refractivity contribution < 1.29 is 26.6 Å². The molecular weight excluding hydrogens is 315 g/mol. The van der Waals surface area contributed by atoms with E-state index in [1.54, 1.807) is 27.8 Å². The van der Waals surface area contributed by atoms with Gasteiger partial charge in [-0.25, -0.2) is 4.79 Å². The van der Waals surface area contributed by atoms with Crippen molar-refractivity contribution in [2.75, 3.05) is 26.7 Å². The third-order valence-corrected chi connectivity index (χ3v) is 4.32. The summed E-state index contributed by atoms with van der Waals surface area (Å²) in [6, 6.07) is 0. The van der Waals surface area contributed by atoms with E-state index < -0.39 is 27.2 Å². The molecule has 1 heterocycles. The van der Waals surface area contributed by atoms with Gasteiger partial charge in [-0.2, -0.15) is 8.42 Å². The van der Waals surface area contributed by atoms with Crippen LogP contribution in [-0.2, 0) is 19.8 Å². The van der Waals surface area contributed by atoms with Gasteiger partial charge in [-0.3, -0.25) is 4.79 Å². The van der Waals surface area contributed by atoms with Crippen molar-refractivity contribution in [3.05, 3.63) is 0 Å². The van der Waals surface area contributed by atoms with Crippen LogP contribution in [0.25, 0.3) is 0 Å². The molecule has 0 aromatic carbocycles. The summed E-state index contributed by atoms with van der Waals surface area (Å²) in [6.45, 7) is 5.79. The van der Waals surface area contributed by atoms with Gasteiger partial charge in [-0.05, 0) is 27.2 Å². The number of halogens is 1. The Bertz CT molecular complexity index is 529. The average molecular weight is 338 g/mol. The smallest absolute Gasteiger partial charge is 0.410 e. The van der Waals surface area contributed by atoms with Crippen LogP contribution in [0, 0.1) is 0 Å². The van der Waals surface area contributed by atoms with Gasteiger partial charge in [0.15, 0.2) is 0 Å². The Hall–Kier alpha value is -1.38. The van der Waals surface area contributed by atoms with Gasteiger partial charge in [0.2, 0.25) is 5.91 Å². The summed E-state index contributed by atoms with van der Waals surface area (Å²) in [6.07, 6.45) is -0.328. The van der Waals surface area contributed by atoms with E-state index in [1.165, 1.54) is 9.80 Å². The maximum Gasteiger partial charge on any atom is 0.410 e. The zero-order valence-corrected chi connectivity index (χ0v) is 14.2. The molecule has 0 aliphatic carbocycles. The van der Waals surface area contributed by atoms with E-state index in [1.807, 2.05) is 0 Å². The molecule has 1 atom stereocenters. The zero-order chi connectivity index (χ0) is 17.1.